The summed E-state index contributed by atoms with van der Waals surface area (Å²) in [7, 11) is 3.11. The molecule has 0 bridgehead atoms. The van der Waals surface area contributed by atoms with Crippen molar-refractivity contribution in [3.05, 3.63) is 53.6 Å². The summed E-state index contributed by atoms with van der Waals surface area (Å²) in [5.41, 5.74) is 1.38. The van der Waals surface area contributed by atoms with E-state index in [9.17, 15) is 9.90 Å². The van der Waals surface area contributed by atoms with Gasteiger partial charge in [-0.15, -0.1) is 0 Å². The Bertz CT molecular complexity index is 732. The lowest BCUT2D eigenvalue weighted by atomic mass is 10.0. The normalized spacial score (nSPS) is 11.0. The third kappa shape index (κ3) is 3.87. The maximum Gasteiger partial charge on any atom is 0.336 e. The molecule has 2 rings (SSSR count). The molecule has 24 heavy (non-hydrogen) atoms. The van der Waals surface area contributed by atoms with E-state index in [1.807, 2.05) is 6.92 Å². The summed E-state index contributed by atoms with van der Waals surface area (Å²) in [6, 6.07) is 12.2. The number of aliphatic carboxylic acids is 1. The van der Waals surface area contributed by atoms with Crippen molar-refractivity contribution in [1.82, 2.24) is 0 Å². The molecule has 0 radical (unpaired) electrons. The van der Waals surface area contributed by atoms with Gasteiger partial charge in [0.1, 0.15) is 5.75 Å². The molecule has 2 aromatic carbocycles. The minimum Gasteiger partial charge on any atom is -0.497 e. The van der Waals surface area contributed by atoms with Crippen LogP contribution >= 0.6 is 0 Å². The average Bonchev–Trinajstić information content (AvgIpc) is 2.60. The quantitative estimate of drug-likeness (QED) is 0.620. The lowest BCUT2D eigenvalue weighted by Gasteiger charge is -2.13. The molecule has 0 heterocycles. The number of rotatable bonds is 7. The number of para-hydroxylation sites is 1. The summed E-state index contributed by atoms with van der Waals surface area (Å²) >= 11 is 0. The van der Waals surface area contributed by atoms with Crippen molar-refractivity contribution in [2.75, 3.05) is 20.8 Å². The smallest absolute Gasteiger partial charge is 0.336 e. The third-order valence-electron chi connectivity index (χ3n) is 3.45. The van der Waals surface area contributed by atoms with Crippen LogP contribution in [0.2, 0.25) is 0 Å². The number of ether oxygens (including phenoxy) is 3. The van der Waals surface area contributed by atoms with E-state index in [1.54, 1.807) is 62.8 Å². The van der Waals surface area contributed by atoms with E-state index in [0.717, 1.165) is 0 Å². The molecular formula is C19H20O5. The van der Waals surface area contributed by atoms with Crippen LogP contribution in [-0.2, 0) is 4.79 Å². The largest absolute Gasteiger partial charge is 0.497 e. The molecule has 0 atom stereocenters. The fourth-order valence-corrected chi connectivity index (χ4v) is 2.30. The van der Waals surface area contributed by atoms with E-state index in [-0.39, 0.29) is 5.57 Å². The van der Waals surface area contributed by atoms with E-state index in [0.29, 0.717) is 35.0 Å². The van der Waals surface area contributed by atoms with E-state index in [4.69, 9.17) is 14.2 Å². The van der Waals surface area contributed by atoms with Gasteiger partial charge in [0.2, 0.25) is 0 Å². The minimum absolute atomic E-state index is 0.159. The zero-order valence-electron chi connectivity index (χ0n) is 13.9. The van der Waals surface area contributed by atoms with Crippen molar-refractivity contribution in [2.45, 2.75) is 6.92 Å². The van der Waals surface area contributed by atoms with Gasteiger partial charge in [0, 0.05) is 5.56 Å². The van der Waals surface area contributed by atoms with Crippen LogP contribution in [0.25, 0.3) is 11.6 Å². The molecule has 5 heteroatoms. The van der Waals surface area contributed by atoms with Gasteiger partial charge in [-0.2, -0.15) is 0 Å². The Morgan fingerprint density at radius 2 is 1.79 bits per heavy atom. The van der Waals surface area contributed by atoms with Crippen LogP contribution in [0.15, 0.2) is 42.5 Å². The van der Waals surface area contributed by atoms with Gasteiger partial charge in [0.15, 0.2) is 11.5 Å². The number of benzene rings is 2. The second kappa shape index (κ2) is 8.06. The Kier molecular flexibility index (Phi) is 5.84. The van der Waals surface area contributed by atoms with Crippen LogP contribution < -0.4 is 14.2 Å². The minimum atomic E-state index is -1.02. The molecule has 0 aliphatic carbocycles. The predicted octanol–water partition coefficient (Wildman–Crippen LogP) is 3.73. The highest BCUT2D eigenvalue weighted by Crippen LogP contribution is 2.34. The van der Waals surface area contributed by atoms with Crippen molar-refractivity contribution in [3.63, 3.8) is 0 Å². The maximum absolute atomic E-state index is 11.7. The van der Waals surface area contributed by atoms with Crippen LogP contribution in [0.1, 0.15) is 18.1 Å². The Balaban J connectivity index is 2.53. The van der Waals surface area contributed by atoms with Crippen molar-refractivity contribution >= 4 is 17.6 Å². The summed E-state index contributed by atoms with van der Waals surface area (Å²) in [5, 5.41) is 9.59. The SMILES string of the molecule is CCOc1c(/C=C(\C(=O)O)c2ccc(OC)cc2)cccc1OC. The molecule has 0 unspecified atom stereocenters. The van der Waals surface area contributed by atoms with Gasteiger partial charge in [0.25, 0.3) is 0 Å². The molecule has 1 N–H and O–H groups in total. The maximum atomic E-state index is 11.7. The summed E-state index contributed by atoms with van der Waals surface area (Å²) in [4.78, 5) is 11.7. The van der Waals surface area contributed by atoms with E-state index in [1.165, 1.54) is 0 Å². The standard InChI is InChI=1S/C19H20O5/c1-4-24-18-14(6-5-7-17(18)23-3)12-16(19(20)21)13-8-10-15(22-2)11-9-13/h5-12H,4H2,1-3H3,(H,20,21)/b16-12-. The van der Waals surface area contributed by atoms with Crippen LogP contribution in [0.5, 0.6) is 17.2 Å². The summed E-state index contributed by atoms with van der Waals surface area (Å²) in [5.74, 6) is 0.727. The van der Waals surface area contributed by atoms with Crippen molar-refractivity contribution in [3.8, 4) is 17.2 Å². The first-order chi connectivity index (χ1) is 11.6. The first-order valence-corrected chi connectivity index (χ1v) is 7.50. The molecule has 0 aliphatic rings. The van der Waals surface area contributed by atoms with E-state index < -0.39 is 5.97 Å². The Hall–Kier alpha value is -2.95. The zero-order chi connectivity index (χ0) is 17.5. The molecule has 0 aliphatic heterocycles. The average molecular weight is 328 g/mol. The fourth-order valence-electron chi connectivity index (χ4n) is 2.30. The highest BCUT2D eigenvalue weighted by Gasteiger charge is 2.14. The Morgan fingerprint density at radius 3 is 2.33 bits per heavy atom. The first-order valence-electron chi connectivity index (χ1n) is 7.50. The van der Waals surface area contributed by atoms with Gasteiger partial charge < -0.3 is 19.3 Å². The highest BCUT2D eigenvalue weighted by atomic mass is 16.5. The van der Waals surface area contributed by atoms with Crippen molar-refractivity contribution in [1.29, 1.82) is 0 Å². The van der Waals surface area contributed by atoms with Gasteiger partial charge >= 0.3 is 5.97 Å². The first kappa shape index (κ1) is 17.4. The highest BCUT2D eigenvalue weighted by molar-refractivity contribution is 6.20. The van der Waals surface area contributed by atoms with Crippen LogP contribution in [-0.4, -0.2) is 31.9 Å². The Morgan fingerprint density at radius 1 is 1.08 bits per heavy atom. The monoisotopic (exact) mass is 328 g/mol. The van der Waals surface area contributed by atoms with Crippen LogP contribution in [0.3, 0.4) is 0 Å². The fraction of sp³-hybridized carbons (Fsp3) is 0.211. The molecule has 2 aromatic rings. The van der Waals surface area contributed by atoms with Crippen molar-refractivity contribution < 1.29 is 24.1 Å². The number of carboxylic acid groups (broad SMARTS) is 1. The van der Waals surface area contributed by atoms with Crippen LogP contribution in [0.4, 0.5) is 0 Å². The lowest BCUT2D eigenvalue weighted by molar-refractivity contribution is -0.130. The molecule has 0 spiro atoms. The number of hydrogen-bond acceptors (Lipinski definition) is 4. The third-order valence-corrected chi connectivity index (χ3v) is 3.45. The van der Waals surface area contributed by atoms with Gasteiger partial charge in [0.05, 0.1) is 26.4 Å². The molecule has 0 saturated carbocycles. The summed E-state index contributed by atoms with van der Waals surface area (Å²) in [6.07, 6.45) is 1.58. The van der Waals surface area contributed by atoms with E-state index in [2.05, 4.69) is 0 Å². The van der Waals surface area contributed by atoms with Crippen molar-refractivity contribution in [2.24, 2.45) is 0 Å². The molecule has 5 nitrogen and oxygen atoms in total. The van der Waals surface area contributed by atoms with Crippen LogP contribution in [0, 0.1) is 0 Å². The van der Waals surface area contributed by atoms with E-state index >= 15 is 0 Å². The van der Waals surface area contributed by atoms with Gasteiger partial charge in [-0.25, -0.2) is 4.79 Å². The number of carboxylic acids is 1. The Labute approximate surface area is 141 Å². The molecular weight excluding hydrogens is 308 g/mol. The zero-order valence-corrected chi connectivity index (χ0v) is 13.9. The lowest BCUT2D eigenvalue weighted by Crippen LogP contribution is -2.01. The van der Waals surface area contributed by atoms with Gasteiger partial charge in [-0.1, -0.05) is 24.3 Å². The molecule has 126 valence electrons. The molecule has 0 aromatic heterocycles. The topological polar surface area (TPSA) is 65.0 Å². The van der Waals surface area contributed by atoms with Gasteiger partial charge in [-0.05, 0) is 36.8 Å². The molecule has 0 saturated heterocycles. The number of hydrogen-bond donors (Lipinski definition) is 1. The predicted molar refractivity (Wildman–Crippen MR) is 92.7 cm³/mol. The second-order valence-corrected chi connectivity index (χ2v) is 4.90. The molecule has 0 fully saturated rings. The number of carbonyl (C=O) groups is 1. The second-order valence-electron chi connectivity index (χ2n) is 4.90. The summed E-state index contributed by atoms with van der Waals surface area (Å²) < 4.78 is 16.0. The van der Waals surface area contributed by atoms with Gasteiger partial charge in [-0.3, -0.25) is 0 Å². The molecule has 0 amide bonds. The number of methoxy groups -OCH3 is 2. The summed E-state index contributed by atoms with van der Waals surface area (Å²) in [6.45, 7) is 2.31.